The van der Waals surface area contributed by atoms with Gasteiger partial charge in [0.25, 0.3) is 0 Å². The van der Waals surface area contributed by atoms with Gasteiger partial charge in [-0.2, -0.15) is 13.2 Å². The number of nitrogens with zero attached hydrogens (tertiary/aromatic N) is 2. The summed E-state index contributed by atoms with van der Waals surface area (Å²) in [5.41, 5.74) is 0.480. The third-order valence-corrected chi connectivity index (χ3v) is 4.67. The summed E-state index contributed by atoms with van der Waals surface area (Å²) in [4.78, 5) is 19.7. The Bertz CT molecular complexity index is 826. The minimum Gasteiger partial charge on any atom is -0.304 e. The van der Waals surface area contributed by atoms with Crippen LogP contribution in [0.3, 0.4) is 0 Å². The maximum Gasteiger partial charge on any atom is 0.433 e. The monoisotopic (exact) mass is 401 g/mol. The molecular weight excluding hydrogens is 386 g/mol. The summed E-state index contributed by atoms with van der Waals surface area (Å²) in [7, 11) is 0. The second-order valence-corrected chi connectivity index (χ2v) is 6.75. The van der Waals surface area contributed by atoms with Crippen molar-refractivity contribution in [3.05, 3.63) is 47.0 Å². The quantitative estimate of drug-likeness (QED) is 0.769. The first-order valence-corrected chi connectivity index (χ1v) is 8.70. The number of aryl methyl sites for hydroxylation is 1. The van der Waals surface area contributed by atoms with Crippen LogP contribution in [0.5, 0.6) is 0 Å². The Morgan fingerprint density at radius 1 is 1.26 bits per heavy atom. The van der Waals surface area contributed by atoms with Crippen LogP contribution >= 0.6 is 11.6 Å². The van der Waals surface area contributed by atoms with Gasteiger partial charge in [-0.05, 0) is 18.6 Å². The molecule has 3 heterocycles. The van der Waals surface area contributed by atoms with E-state index in [4.69, 9.17) is 11.6 Å². The lowest BCUT2D eigenvalue weighted by molar-refractivity contribution is -0.141. The molecule has 1 aliphatic heterocycles. The number of hydrogen-bond donors (Lipinski definition) is 1. The Hall–Kier alpha value is -2.06. The Balaban J connectivity index is 1.71. The van der Waals surface area contributed by atoms with Crippen molar-refractivity contribution in [1.82, 2.24) is 15.3 Å². The molecule has 0 radical (unpaired) electrons. The smallest absolute Gasteiger partial charge is 0.304 e. The van der Waals surface area contributed by atoms with Crippen molar-refractivity contribution in [3.63, 3.8) is 0 Å². The topological polar surface area (TPSA) is 54.9 Å². The van der Waals surface area contributed by atoms with Crippen molar-refractivity contribution in [2.75, 3.05) is 6.54 Å². The molecule has 27 heavy (non-hydrogen) atoms. The van der Waals surface area contributed by atoms with Crippen molar-refractivity contribution in [3.8, 4) is 11.1 Å². The molecule has 144 valence electrons. The van der Waals surface area contributed by atoms with Crippen LogP contribution in [0.15, 0.2) is 30.6 Å². The van der Waals surface area contributed by atoms with Gasteiger partial charge in [0.2, 0.25) is 0 Å². The third kappa shape index (κ3) is 4.81. The van der Waals surface area contributed by atoms with Crippen LogP contribution in [0.25, 0.3) is 11.1 Å². The molecule has 0 aromatic carbocycles. The molecule has 0 saturated carbocycles. The van der Waals surface area contributed by atoms with Gasteiger partial charge in [0.1, 0.15) is 17.6 Å². The molecule has 0 spiro atoms. The summed E-state index contributed by atoms with van der Waals surface area (Å²) in [6.07, 6.45) is -2.35. The molecule has 1 saturated heterocycles. The molecule has 3 rings (SSSR count). The summed E-state index contributed by atoms with van der Waals surface area (Å²) in [5.74, 6) is -0.0929. The van der Waals surface area contributed by atoms with Crippen molar-refractivity contribution in [2.45, 2.75) is 37.7 Å². The number of carbonyl (C=O) groups is 1. The minimum atomic E-state index is -4.51. The summed E-state index contributed by atoms with van der Waals surface area (Å²) >= 11 is 6.11. The summed E-state index contributed by atoms with van der Waals surface area (Å²) in [5, 5.41) is 3.11. The summed E-state index contributed by atoms with van der Waals surface area (Å²) < 4.78 is 51.1. The Kier molecular flexibility index (Phi) is 5.76. The van der Waals surface area contributed by atoms with Gasteiger partial charge in [-0.3, -0.25) is 14.8 Å². The van der Waals surface area contributed by atoms with Crippen LogP contribution < -0.4 is 5.32 Å². The van der Waals surface area contributed by atoms with E-state index in [1.165, 1.54) is 12.3 Å². The number of ketones is 1. The molecule has 1 fully saturated rings. The first kappa shape index (κ1) is 19.7. The van der Waals surface area contributed by atoms with Crippen molar-refractivity contribution in [1.29, 1.82) is 0 Å². The first-order valence-electron chi connectivity index (χ1n) is 8.32. The number of nitrogens with one attached hydrogen (secondary N) is 1. The second-order valence-electron chi connectivity index (χ2n) is 6.35. The molecule has 2 aromatic heterocycles. The summed E-state index contributed by atoms with van der Waals surface area (Å²) in [6.45, 7) is 0.181. The maximum absolute atomic E-state index is 13.2. The van der Waals surface area contributed by atoms with Gasteiger partial charge in [-0.15, -0.1) is 0 Å². The SMILES string of the molecule is O=C(CCc1cc(-c2ccc(C(F)(F)F)nc2)c(Cl)cn1)[C@@H]1C[C@@H](F)CN1. The molecule has 0 bridgehead atoms. The largest absolute Gasteiger partial charge is 0.433 e. The Morgan fingerprint density at radius 2 is 2.04 bits per heavy atom. The highest BCUT2D eigenvalue weighted by atomic mass is 35.5. The summed E-state index contributed by atoms with van der Waals surface area (Å²) in [6, 6.07) is 3.32. The van der Waals surface area contributed by atoms with Gasteiger partial charge in [0.15, 0.2) is 0 Å². The van der Waals surface area contributed by atoms with E-state index >= 15 is 0 Å². The second kappa shape index (κ2) is 7.90. The standard InChI is InChI=1S/C18H16ClF4N3O/c19-14-9-24-12(2-3-16(27)15-5-11(20)8-25-15)6-13(14)10-1-4-17(26-7-10)18(21,22)23/h1,4,6-7,9,11,15,25H,2-3,5,8H2/t11-,15+/m1/s1. The fraction of sp³-hybridized carbons (Fsp3) is 0.389. The van der Waals surface area contributed by atoms with E-state index in [1.54, 1.807) is 6.07 Å². The molecule has 4 nitrogen and oxygen atoms in total. The first-order chi connectivity index (χ1) is 12.7. The van der Waals surface area contributed by atoms with Crippen LogP contribution in [0.4, 0.5) is 17.6 Å². The maximum atomic E-state index is 13.2. The lowest BCUT2D eigenvalue weighted by Gasteiger charge is -2.10. The number of alkyl halides is 4. The van der Waals surface area contributed by atoms with Gasteiger partial charge in [-0.1, -0.05) is 17.7 Å². The van der Waals surface area contributed by atoms with E-state index in [-0.39, 0.29) is 30.2 Å². The van der Waals surface area contributed by atoms with Gasteiger partial charge in [0, 0.05) is 48.6 Å². The van der Waals surface area contributed by atoms with Gasteiger partial charge >= 0.3 is 6.18 Å². The van der Waals surface area contributed by atoms with E-state index < -0.39 is 24.1 Å². The molecule has 0 amide bonds. The third-order valence-electron chi connectivity index (χ3n) is 4.37. The minimum absolute atomic E-state index is 0.0929. The van der Waals surface area contributed by atoms with E-state index in [2.05, 4.69) is 15.3 Å². The van der Waals surface area contributed by atoms with Crippen molar-refractivity contribution >= 4 is 17.4 Å². The van der Waals surface area contributed by atoms with Crippen molar-refractivity contribution < 1.29 is 22.4 Å². The molecule has 1 aliphatic rings. The van der Waals surface area contributed by atoms with Gasteiger partial charge < -0.3 is 5.32 Å². The Morgan fingerprint density at radius 3 is 2.63 bits per heavy atom. The Labute approximate surface area is 158 Å². The molecule has 9 heteroatoms. The number of pyridine rings is 2. The number of rotatable bonds is 5. The van der Waals surface area contributed by atoms with E-state index in [1.807, 2.05) is 0 Å². The molecule has 0 unspecified atom stereocenters. The predicted molar refractivity (Wildman–Crippen MR) is 92.1 cm³/mol. The lowest BCUT2D eigenvalue weighted by atomic mass is 10.0. The molecule has 1 N–H and O–H groups in total. The number of Topliss-reactive ketones (excluding diaryl/α,β-unsaturated/α-hetero) is 1. The average Bonchev–Trinajstić information content (AvgIpc) is 3.07. The van der Waals surface area contributed by atoms with Crippen LogP contribution in [-0.4, -0.2) is 34.5 Å². The average molecular weight is 402 g/mol. The van der Waals surface area contributed by atoms with Crippen LogP contribution in [0.1, 0.15) is 24.2 Å². The fourth-order valence-electron chi connectivity index (χ4n) is 2.92. The number of hydrogen-bond acceptors (Lipinski definition) is 4. The zero-order valence-electron chi connectivity index (χ0n) is 14.1. The number of halogens is 5. The van der Waals surface area contributed by atoms with Crippen LogP contribution in [0, 0.1) is 0 Å². The zero-order valence-corrected chi connectivity index (χ0v) is 14.8. The number of carbonyl (C=O) groups excluding carboxylic acids is 1. The van der Waals surface area contributed by atoms with Gasteiger partial charge in [-0.25, -0.2) is 4.39 Å². The predicted octanol–water partition coefficient (Wildman–Crippen LogP) is 4.02. The fourth-order valence-corrected chi connectivity index (χ4v) is 3.14. The highest BCUT2D eigenvalue weighted by molar-refractivity contribution is 6.33. The molecule has 0 aliphatic carbocycles. The highest BCUT2D eigenvalue weighted by Gasteiger charge is 2.32. The van der Waals surface area contributed by atoms with Crippen LogP contribution in [0.2, 0.25) is 5.02 Å². The van der Waals surface area contributed by atoms with E-state index in [0.29, 0.717) is 23.2 Å². The van der Waals surface area contributed by atoms with E-state index in [9.17, 15) is 22.4 Å². The van der Waals surface area contributed by atoms with Crippen molar-refractivity contribution in [2.24, 2.45) is 0 Å². The molecule has 2 aromatic rings. The zero-order chi connectivity index (χ0) is 19.6. The molecule has 2 atom stereocenters. The van der Waals surface area contributed by atoms with E-state index in [0.717, 1.165) is 12.3 Å². The normalized spacial score (nSPS) is 20.0. The molecular formula is C18H16ClF4N3O. The lowest BCUT2D eigenvalue weighted by Crippen LogP contribution is -2.30. The van der Waals surface area contributed by atoms with Gasteiger partial charge in [0.05, 0.1) is 11.1 Å². The highest BCUT2D eigenvalue weighted by Crippen LogP contribution is 2.31. The van der Waals surface area contributed by atoms with Crippen LogP contribution in [-0.2, 0) is 17.4 Å². The number of aromatic nitrogens is 2.